The molecule has 1 aromatic heterocycles. The van der Waals surface area contributed by atoms with Crippen LogP contribution in [0.4, 0.5) is 4.79 Å². The molecule has 0 radical (unpaired) electrons. The number of nitrogens with zero attached hydrogens (tertiary/aromatic N) is 3. The highest BCUT2D eigenvalue weighted by molar-refractivity contribution is 9.10. The topological polar surface area (TPSA) is 74.9 Å². The van der Waals surface area contributed by atoms with E-state index in [9.17, 15) is 9.59 Å². The fraction of sp³-hybridized carbons (Fsp3) is 0.444. The lowest BCUT2D eigenvalue weighted by molar-refractivity contribution is -0.130. The van der Waals surface area contributed by atoms with Gasteiger partial charge in [-0.3, -0.25) is 4.79 Å². The lowest BCUT2D eigenvalue weighted by Crippen LogP contribution is -2.27. The van der Waals surface area contributed by atoms with Crippen LogP contribution in [-0.4, -0.2) is 47.4 Å². The summed E-state index contributed by atoms with van der Waals surface area (Å²) < 4.78 is 14.3. The maximum absolute atomic E-state index is 13.3. The van der Waals surface area contributed by atoms with Crippen molar-refractivity contribution in [3.05, 3.63) is 37.5 Å². The molecule has 0 bridgehead atoms. The third kappa shape index (κ3) is 3.98. The van der Waals surface area contributed by atoms with E-state index in [0.29, 0.717) is 46.8 Å². The van der Waals surface area contributed by atoms with Gasteiger partial charge < -0.3 is 14.3 Å². The van der Waals surface area contributed by atoms with Gasteiger partial charge in [-0.2, -0.15) is 5.06 Å². The van der Waals surface area contributed by atoms with Crippen LogP contribution in [-0.2, 0) is 22.7 Å². The first kappa shape index (κ1) is 20.9. The van der Waals surface area contributed by atoms with Crippen LogP contribution in [0, 0.1) is 6.92 Å². The Kier molecular flexibility index (Phi) is 6.49. The summed E-state index contributed by atoms with van der Waals surface area (Å²) in [5.74, 6) is 0.146. The van der Waals surface area contributed by atoms with Gasteiger partial charge >= 0.3 is 6.16 Å². The monoisotopic (exact) mass is 473 g/mol. The van der Waals surface area contributed by atoms with Gasteiger partial charge in [0, 0.05) is 28.1 Å². The van der Waals surface area contributed by atoms with Gasteiger partial charge in [-0.15, -0.1) is 0 Å². The molecule has 0 N–H and O–H groups in total. The maximum atomic E-state index is 13.3. The van der Waals surface area contributed by atoms with Crippen molar-refractivity contribution < 1.29 is 19.1 Å². The van der Waals surface area contributed by atoms with Crippen LogP contribution in [0.15, 0.2) is 21.4 Å². The molecule has 1 aliphatic heterocycles. The molecule has 0 saturated carbocycles. The number of hydrogen-bond acceptors (Lipinski definition) is 6. The van der Waals surface area contributed by atoms with Gasteiger partial charge in [-0.1, -0.05) is 27.5 Å². The van der Waals surface area contributed by atoms with E-state index < -0.39 is 6.16 Å². The minimum absolute atomic E-state index is 0.146. The number of fused-ring (bicyclic) bond motifs is 1. The smallest absolute Gasteiger partial charge is 0.434 e. The van der Waals surface area contributed by atoms with Crippen LogP contribution < -0.4 is 10.3 Å². The quantitative estimate of drug-likeness (QED) is 0.632. The molecule has 152 valence electrons. The van der Waals surface area contributed by atoms with Crippen LogP contribution in [0.2, 0.25) is 5.02 Å². The Balaban J connectivity index is 2.20. The number of benzene rings is 1. The van der Waals surface area contributed by atoms with E-state index in [0.717, 1.165) is 5.56 Å². The second-order valence-corrected chi connectivity index (χ2v) is 7.50. The van der Waals surface area contributed by atoms with E-state index in [4.69, 9.17) is 25.9 Å². The Hall–Kier alpha value is -1.81. The lowest BCUT2D eigenvalue weighted by atomic mass is 10.0. The molecule has 1 aromatic carbocycles. The average Bonchev–Trinajstić information content (AvgIpc) is 2.78. The maximum Gasteiger partial charge on any atom is 0.515 e. The molecular weight excluding hydrogens is 454 g/mol. The van der Waals surface area contributed by atoms with Crippen LogP contribution >= 0.6 is 27.5 Å². The Morgan fingerprint density at radius 2 is 1.86 bits per heavy atom. The van der Waals surface area contributed by atoms with Crippen molar-refractivity contribution in [3.63, 3.8) is 0 Å². The largest absolute Gasteiger partial charge is 0.515 e. The fourth-order valence-corrected chi connectivity index (χ4v) is 4.45. The summed E-state index contributed by atoms with van der Waals surface area (Å²) in [6, 6.07) is 3.47. The molecule has 0 fully saturated rings. The number of carbonyl (C=O) groups is 1. The Morgan fingerprint density at radius 3 is 2.46 bits per heavy atom. The van der Waals surface area contributed by atoms with Crippen LogP contribution in [0.25, 0.3) is 11.1 Å². The van der Waals surface area contributed by atoms with E-state index in [2.05, 4.69) is 15.9 Å². The molecule has 28 heavy (non-hydrogen) atoms. The first-order chi connectivity index (χ1) is 13.4. The van der Waals surface area contributed by atoms with Crippen LogP contribution in [0.1, 0.15) is 12.5 Å². The second-order valence-electron chi connectivity index (χ2n) is 6.21. The van der Waals surface area contributed by atoms with Gasteiger partial charge in [-0.25, -0.2) is 14.2 Å². The molecule has 0 spiro atoms. The number of hydroxylamine groups is 2. The first-order valence-electron chi connectivity index (χ1n) is 8.80. The third-order valence-corrected chi connectivity index (χ3v) is 5.36. The van der Waals surface area contributed by atoms with Crippen molar-refractivity contribution in [1.82, 2.24) is 14.4 Å². The Bertz CT molecular complexity index is 932. The molecule has 0 aliphatic carbocycles. The van der Waals surface area contributed by atoms with Gasteiger partial charge in [0.2, 0.25) is 5.88 Å². The summed E-state index contributed by atoms with van der Waals surface area (Å²) in [4.78, 5) is 30.7. The molecule has 3 rings (SSSR count). The zero-order chi connectivity index (χ0) is 20.4. The Morgan fingerprint density at radius 1 is 1.18 bits per heavy atom. The summed E-state index contributed by atoms with van der Waals surface area (Å²) in [7, 11) is 1.58. The molecule has 0 saturated heterocycles. The highest BCUT2D eigenvalue weighted by atomic mass is 79.9. The summed E-state index contributed by atoms with van der Waals surface area (Å²) >= 11 is 9.61. The summed E-state index contributed by atoms with van der Waals surface area (Å²) in [6.45, 7) is 5.55. The second kappa shape index (κ2) is 8.69. The van der Waals surface area contributed by atoms with E-state index in [1.807, 2.05) is 6.92 Å². The normalized spacial score (nSPS) is 14.5. The van der Waals surface area contributed by atoms with Crippen molar-refractivity contribution in [2.24, 2.45) is 0 Å². The molecule has 0 atom stereocenters. The minimum atomic E-state index is -0.861. The molecule has 2 aromatic rings. The van der Waals surface area contributed by atoms with E-state index >= 15 is 0 Å². The summed E-state index contributed by atoms with van der Waals surface area (Å²) in [6.07, 6.45) is -0.861. The zero-order valence-electron chi connectivity index (χ0n) is 15.8. The third-order valence-electron chi connectivity index (χ3n) is 4.51. The summed E-state index contributed by atoms with van der Waals surface area (Å²) in [5.41, 5.74) is 1.44. The van der Waals surface area contributed by atoms with Gasteiger partial charge in [0.05, 0.1) is 26.8 Å². The van der Waals surface area contributed by atoms with Crippen molar-refractivity contribution in [1.29, 1.82) is 0 Å². The molecule has 1 aliphatic rings. The van der Waals surface area contributed by atoms with E-state index in [-0.39, 0.29) is 18.0 Å². The van der Waals surface area contributed by atoms with Gasteiger partial charge in [0.1, 0.15) is 5.56 Å². The van der Waals surface area contributed by atoms with E-state index in [1.165, 1.54) is 0 Å². The number of rotatable bonds is 4. The number of carbonyl (C=O) groups excluding carboxylic acids is 1. The first-order valence-corrected chi connectivity index (χ1v) is 9.97. The molecule has 10 heteroatoms. The summed E-state index contributed by atoms with van der Waals surface area (Å²) in [5, 5.41) is 2.29. The highest BCUT2D eigenvalue weighted by Gasteiger charge is 2.29. The van der Waals surface area contributed by atoms with Gasteiger partial charge in [0.15, 0.2) is 0 Å². The van der Waals surface area contributed by atoms with Crippen LogP contribution in [0.5, 0.6) is 5.88 Å². The number of aromatic nitrogens is 2. The lowest BCUT2D eigenvalue weighted by Gasteiger charge is -2.16. The highest BCUT2D eigenvalue weighted by Crippen LogP contribution is 2.38. The molecule has 0 unspecified atom stereocenters. The fourth-order valence-electron chi connectivity index (χ4n) is 3.28. The predicted octanol–water partition coefficient (Wildman–Crippen LogP) is 3.45. The molecular formula is C18H21BrClN3O5. The van der Waals surface area contributed by atoms with Crippen LogP contribution in [0.3, 0.4) is 0 Å². The van der Waals surface area contributed by atoms with Crippen molar-refractivity contribution >= 4 is 33.7 Å². The average molecular weight is 475 g/mol. The zero-order valence-corrected chi connectivity index (χ0v) is 18.2. The van der Waals surface area contributed by atoms with E-state index in [1.54, 1.807) is 40.6 Å². The molecule has 2 heterocycles. The predicted molar refractivity (Wildman–Crippen MR) is 108 cm³/mol. The SMILES string of the molecule is CCOC(=O)Oc1c(-c2c(C)cc(Cl)cc2Br)c(=O)n2n1CCN(OC)CC2. The molecule has 0 amide bonds. The van der Waals surface area contributed by atoms with Crippen molar-refractivity contribution in [2.75, 3.05) is 26.8 Å². The Labute approximate surface area is 175 Å². The molecule has 8 nitrogen and oxygen atoms in total. The standard InChI is InChI=1S/C18H21BrClN3O5/c1-4-27-18(25)28-17-15(14-11(2)9-12(20)10-13(14)19)16(24)22-7-5-21(26-3)6-8-23(17)22/h9-10H,4-8H2,1-3H3. The minimum Gasteiger partial charge on any atom is -0.434 e. The van der Waals surface area contributed by atoms with Crippen molar-refractivity contribution in [3.8, 4) is 17.0 Å². The van der Waals surface area contributed by atoms with Gasteiger partial charge in [-0.05, 0) is 31.5 Å². The number of aryl methyl sites for hydroxylation is 1. The number of ether oxygens (including phenoxy) is 2. The number of halogens is 2. The van der Waals surface area contributed by atoms with Crippen molar-refractivity contribution in [2.45, 2.75) is 26.9 Å². The van der Waals surface area contributed by atoms with Gasteiger partial charge in [0.25, 0.3) is 5.56 Å². The number of hydrogen-bond donors (Lipinski definition) is 0.